The van der Waals surface area contributed by atoms with Gasteiger partial charge in [-0.25, -0.2) is 0 Å². The molecular formula is C34H52Cl2O14S4. The van der Waals surface area contributed by atoms with Gasteiger partial charge in [-0.3, -0.25) is 16.7 Å². The summed E-state index contributed by atoms with van der Waals surface area (Å²) in [5, 5.41) is -1.19. The van der Waals surface area contributed by atoms with Gasteiger partial charge in [0.1, 0.15) is 19.6 Å². The molecule has 14 nitrogen and oxygen atoms in total. The number of hydrogen-bond acceptors (Lipinski definition) is 14. The summed E-state index contributed by atoms with van der Waals surface area (Å²) < 4.78 is 147. The molecule has 0 N–H and O–H groups in total. The average Bonchev–Trinajstić information content (AvgIpc) is 2.99. The highest BCUT2D eigenvalue weighted by Gasteiger charge is 2.43. The molecule has 0 aliphatic heterocycles. The molecule has 0 radical (unpaired) electrons. The lowest BCUT2D eigenvalue weighted by atomic mass is 9.99. The molecule has 0 bridgehead atoms. The number of hydrogen-bond donors (Lipinski definition) is 0. The number of methoxy groups -OCH3 is 2. The maximum atomic E-state index is 14.4. The van der Waals surface area contributed by atoms with Crippen LogP contribution in [0.3, 0.4) is 0 Å². The second-order valence-electron chi connectivity index (χ2n) is 17.3. The van der Waals surface area contributed by atoms with Crippen molar-refractivity contribution in [2.45, 2.75) is 103 Å². The van der Waals surface area contributed by atoms with E-state index in [-0.39, 0.29) is 0 Å². The van der Waals surface area contributed by atoms with E-state index in [0.29, 0.717) is 0 Å². The Kier molecular flexibility index (Phi) is 14.9. The van der Waals surface area contributed by atoms with Gasteiger partial charge < -0.3 is 9.47 Å². The van der Waals surface area contributed by atoms with Gasteiger partial charge >= 0.3 is 20.2 Å². The maximum absolute atomic E-state index is 14.4. The van der Waals surface area contributed by atoms with E-state index >= 15 is 0 Å². The van der Waals surface area contributed by atoms with Crippen molar-refractivity contribution in [2.75, 3.05) is 40.6 Å². The van der Waals surface area contributed by atoms with Crippen molar-refractivity contribution in [1.29, 1.82) is 0 Å². The fourth-order valence-electron chi connectivity index (χ4n) is 4.16. The Labute approximate surface area is 331 Å². The monoisotopic (exact) mass is 882 g/mol. The van der Waals surface area contributed by atoms with Crippen LogP contribution in [0.25, 0.3) is 11.1 Å². The van der Waals surface area contributed by atoms with Gasteiger partial charge in [0.05, 0.1) is 50.7 Å². The van der Waals surface area contributed by atoms with E-state index in [2.05, 4.69) is 0 Å². The van der Waals surface area contributed by atoms with Crippen LogP contribution in [0, 0.1) is 21.7 Å². The van der Waals surface area contributed by atoms with Crippen LogP contribution in [-0.4, -0.2) is 74.3 Å². The molecule has 310 valence electrons. The molecule has 2 aromatic rings. The molecule has 0 saturated heterocycles. The topological polar surface area (TPSA) is 192 Å². The Hall–Kier alpha value is -1.74. The lowest BCUT2D eigenvalue weighted by Gasteiger charge is -2.26. The minimum Gasteiger partial charge on any atom is -0.494 e. The van der Waals surface area contributed by atoms with Crippen LogP contribution in [0.1, 0.15) is 83.1 Å². The van der Waals surface area contributed by atoms with Gasteiger partial charge in [0.25, 0.3) is 20.2 Å². The van der Waals surface area contributed by atoms with Crippen LogP contribution in [0.5, 0.6) is 11.5 Å². The number of benzene rings is 2. The molecule has 0 unspecified atom stereocenters. The summed E-state index contributed by atoms with van der Waals surface area (Å²) in [4.78, 5) is -4.44. The van der Waals surface area contributed by atoms with Gasteiger partial charge in [0.2, 0.25) is 0 Å². The first kappa shape index (κ1) is 48.4. The lowest BCUT2D eigenvalue weighted by Crippen LogP contribution is -2.24. The molecule has 0 spiro atoms. The van der Waals surface area contributed by atoms with Gasteiger partial charge in [-0.15, -0.1) is 0 Å². The van der Waals surface area contributed by atoms with Crippen molar-refractivity contribution in [2.24, 2.45) is 21.7 Å². The van der Waals surface area contributed by atoms with Crippen LogP contribution in [0.2, 0.25) is 10.0 Å². The summed E-state index contributed by atoms with van der Waals surface area (Å²) in [6.07, 6.45) is 0. The van der Waals surface area contributed by atoms with Crippen molar-refractivity contribution >= 4 is 63.7 Å². The maximum Gasteiger partial charge on any atom is 0.301 e. The summed E-state index contributed by atoms with van der Waals surface area (Å²) in [5.41, 5.74) is -5.35. The lowest BCUT2D eigenvalue weighted by molar-refractivity contribution is 0.201. The highest BCUT2D eigenvalue weighted by Crippen LogP contribution is 2.52. The van der Waals surface area contributed by atoms with E-state index in [1.165, 1.54) is 0 Å². The van der Waals surface area contributed by atoms with Crippen molar-refractivity contribution in [3.8, 4) is 22.6 Å². The largest absolute Gasteiger partial charge is 0.494 e. The fraction of sp³-hybridized carbons (Fsp3) is 0.647. The molecule has 0 fully saturated rings. The highest BCUT2D eigenvalue weighted by atomic mass is 35.5. The minimum absolute atomic E-state index is 0.468. The standard InChI is InChI=1S/C34H52Cl2O14S4/c1-31(2,3)17-47-51(37,38)23-15-21(35)27(45-13)29(53(41,42)49-19-33(7,8)9)25(23)26-24(52(39,40)48-18-32(4,5)6)16-22(36)28(46-14)30(26)54(43,44)50-20-34(10,11)12/h15-16H,17-20H2,1-14H3. The van der Waals surface area contributed by atoms with Crippen LogP contribution < -0.4 is 9.47 Å². The van der Waals surface area contributed by atoms with E-state index in [1.807, 2.05) is 0 Å². The van der Waals surface area contributed by atoms with E-state index in [0.717, 1.165) is 26.4 Å². The zero-order chi connectivity index (χ0) is 42.3. The Bertz CT molecular complexity index is 2000. The molecular weight excluding hydrogens is 832 g/mol. The molecule has 54 heavy (non-hydrogen) atoms. The molecule has 0 aliphatic rings. The first-order chi connectivity index (χ1) is 24.0. The van der Waals surface area contributed by atoms with Crippen molar-refractivity contribution in [1.82, 2.24) is 0 Å². The summed E-state index contributed by atoms with van der Waals surface area (Å²) in [6.45, 7) is 17.9. The number of rotatable bonds is 15. The van der Waals surface area contributed by atoms with E-state index in [1.54, 1.807) is 83.1 Å². The average molecular weight is 884 g/mol. The van der Waals surface area contributed by atoms with E-state index in [9.17, 15) is 33.7 Å². The van der Waals surface area contributed by atoms with Gasteiger partial charge in [-0.05, 0) is 33.8 Å². The third-order valence-electron chi connectivity index (χ3n) is 6.59. The molecule has 2 aromatic carbocycles. The predicted octanol–water partition coefficient (Wildman–Crippen LogP) is 7.68. The predicted molar refractivity (Wildman–Crippen MR) is 205 cm³/mol. The van der Waals surface area contributed by atoms with Gasteiger partial charge in [-0.1, -0.05) is 106 Å². The molecule has 0 aliphatic carbocycles. The van der Waals surface area contributed by atoms with Gasteiger partial charge in [-0.2, -0.15) is 33.7 Å². The van der Waals surface area contributed by atoms with Crippen molar-refractivity contribution < 1.29 is 59.9 Å². The molecule has 0 amide bonds. The molecule has 0 saturated carbocycles. The quantitative estimate of drug-likeness (QED) is 0.158. The first-order valence-electron chi connectivity index (χ1n) is 16.4. The molecule has 0 heterocycles. The molecule has 0 aromatic heterocycles. The van der Waals surface area contributed by atoms with Crippen molar-refractivity contribution in [3.05, 3.63) is 22.2 Å². The van der Waals surface area contributed by atoms with Crippen LogP contribution in [-0.2, 0) is 57.2 Å². The molecule has 20 heteroatoms. The first-order valence-corrected chi connectivity index (χ1v) is 22.8. The third kappa shape index (κ3) is 12.6. The summed E-state index contributed by atoms with van der Waals surface area (Å²) in [7, 11) is -18.9. The Morgan fingerprint density at radius 1 is 0.444 bits per heavy atom. The number of halogens is 2. The summed E-state index contributed by atoms with van der Waals surface area (Å²) >= 11 is 13.1. The summed E-state index contributed by atoms with van der Waals surface area (Å²) in [5.74, 6) is -1.44. The zero-order valence-electron chi connectivity index (χ0n) is 33.1. The van der Waals surface area contributed by atoms with Crippen molar-refractivity contribution in [3.63, 3.8) is 0 Å². The normalized spacial score (nSPS) is 14.0. The van der Waals surface area contributed by atoms with E-state index in [4.69, 9.17) is 49.4 Å². The Morgan fingerprint density at radius 3 is 0.870 bits per heavy atom. The smallest absolute Gasteiger partial charge is 0.301 e. The summed E-state index contributed by atoms with van der Waals surface area (Å²) in [6, 6.07) is 1.49. The number of ether oxygens (including phenoxy) is 2. The molecule has 0 atom stereocenters. The van der Waals surface area contributed by atoms with E-state index < -0.39 is 141 Å². The third-order valence-corrected chi connectivity index (χ3v) is 12.4. The minimum atomic E-state index is -5.26. The molecule has 2 rings (SSSR count). The Balaban J connectivity index is 3.63. The van der Waals surface area contributed by atoms with Crippen LogP contribution >= 0.6 is 23.2 Å². The fourth-order valence-corrected chi connectivity index (χ4v) is 10.8. The second kappa shape index (κ2) is 16.6. The SMILES string of the molecule is COc1c(Cl)cc(S(=O)(=O)OCC(C)(C)C)c(-c2c(S(=O)(=O)OCC(C)(C)C)cc(Cl)c(OC)c2S(=O)(=O)OCC(C)(C)C)c1S(=O)(=O)OCC(C)(C)C. The van der Waals surface area contributed by atoms with Gasteiger partial charge in [0.15, 0.2) is 11.5 Å². The van der Waals surface area contributed by atoms with Gasteiger partial charge in [0, 0.05) is 11.1 Å². The second-order valence-corrected chi connectivity index (χ2v) is 24.4. The van der Waals surface area contributed by atoms with Crippen LogP contribution in [0.15, 0.2) is 31.7 Å². The van der Waals surface area contributed by atoms with Crippen LogP contribution in [0.4, 0.5) is 0 Å². The zero-order valence-corrected chi connectivity index (χ0v) is 37.9. The Morgan fingerprint density at radius 2 is 0.667 bits per heavy atom. The highest BCUT2D eigenvalue weighted by molar-refractivity contribution is 7.88.